The van der Waals surface area contributed by atoms with E-state index in [9.17, 15) is 22.0 Å². The second-order valence-corrected chi connectivity index (χ2v) is 3.32. The first kappa shape index (κ1) is 11.9. The maximum absolute atomic E-state index is 12.6. The zero-order chi connectivity index (χ0) is 12.8. The van der Waals surface area contributed by atoms with Gasteiger partial charge in [-0.1, -0.05) is 6.07 Å². The van der Waals surface area contributed by atoms with E-state index in [1.54, 1.807) is 0 Å². The third kappa shape index (κ3) is 2.26. The van der Waals surface area contributed by atoms with Crippen LogP contribution in [0.2, 0.25) is 0 Å². The summed E-state index contributed by atoms with van der Waals surface area (Å²) in [6.07, 6.45) is -11.5. The second kappa shape index (κ2) is 3.46. The molecule has 0 aromatic heterocycles. The smallest absolute Gasteiger partial charge is 0.395 e. The predicted molar refractivity (Wildman–Crippen MR) is 43.7 cm³/mol. The topological polar surface area (TPSA) is 38.7 Å². The van der Waals surface area contributed by atoms with Crippen LogP contribution in [0.4, 0.5) is 22.0 Å². The molecule has 0 bridgehead atoms. The van der Waals surface area contributed by atoms with Crippen molar-refractivity contribution >= 4 is 0 Å². The first-order valence-electron chi connectivity index (χ1n) is 4.33. The number of aliphatic hydroxyl groups excluding tert-OH is 1. The molecular weight excluding hydrogens is 251 g/mol. The molecule has 1 unspecified atom stereocenters. The summed E-state index contributed by atoms with van der Waals surface area (Å²) in [5, 5.41) is 8.91. The molecule has 17 heavy (non-hydrogen) atoms. The number of hydrogen-bond donors (Lipinski definition) is 1. The lowest BCUT2D eigenvalue weighted by atomic mass is 10.1. The SMILES string of the molecule is OC(c1ccc2c(c1)OC(F)(F)O2)C(F)(F)F. The van der Waals surface area contributed by atoms with E-state index in [2.05, 4.69) is 9.47 Å². The summed E-state index contributed by atoms with van der Waals surface area (Å²) in [6.45, 7) is 0. The lowest BCUT2D eigenvalue weighted by Gasteiger charge is -2.14. The Labute approximate surface area is 91.4 Å². The Morgan fingerprint density at radius 1 is 1.12 bits per heavy atom. The van der Waals surface area contributed by atoms with Crippen LogP contribution in [0.5, 0.6) is 11.5 Å². The van der Waals surface area contributed by atoms with Crippen molar-refractivity contribution in [3.05, 3.63) is 23.8 Å². The van der Waals surface area contributed by atoms with Gasteiger partial charge in [0, 0.05) is 0 Å². The molecular formula is C9H5F5O3. The molecule has 1 aliphatic rings. The number of alkyl halides is 5. The van der Waals surface area contributed by atoms with Gasteiger partial charge in [-0.3, -0.25) is 0 Å². The van der Waals surface area contributed by atoms with Gasteiger partial charge < -0.3 is 14.6 Å². The second-order valence-electron chi connectivity index (χ2n) is 3.32. The fourth-order valence-corrected chi connectivity index (χ4v) is 1.32. The minimum Gasteiger partial charge on any atom is -0.395 e. The molecule has 8 heteroatoms. The quantitative estimate of drug-likeness (QED) is 0.785. The Bertz CT molecular complexity index is 443. The van der Waals surface area contributed by atoms with Gasteiger partial charge in [-0.2, -0.15) is 13.2 Å². The lowest BCUT2D eigenvalue weighted by Crippen LogP contribution is -2.26. The minimum atomic E-state index is -4.88. The number of ether oxygens (including phenoxy) is 2. The molecule has 3 nitrogen and oxygen atoms in total. The number of rotatable bonds is 1. The summed E-state index contributed by atoms with van der Waals surface area (Å²) in [6, 6.07) is 2.37. The van der Waals surface area contributed by atoms with Crippen molar-refractivity contribution in [2.45, 2.75) is 18.6 Å². The Morgan fingerprint density at radius 2 is 1.71 bits per heavy atom. The van der Waals surface area contributed by atoms with Gasteiger partial charge in [0.2, 0.25) is 0 Å². The van der Waals surface area contributed by atoms with E-state index in [0.717, 1.165) is 12.1 Å². The van der Waals surface area contributed by atoms with Crippen LogP contribution in [0.3, 0.4) is 0 Å². The first-order chi connectivity index (χ1) is 7.69. The summed E-state index contributed by atoms with van der Waals surface area (Å²) in [5.41, 5.74) is -0.599. The van der Waals surface area contributed by atoms with Crippen molar-refractivity contribution < 1.29 is 36.5 Å². The molecule has 1 aromatic rings. The Kier molecular flexibility index (Phi) is 2.42. The third-order valence-corrected chi connectivity index (χ3v) is 2.05. The van der Waals surface area contributed by atoms with Crippen LogP contribution < -0.4 is 9.47 Å². The highest BCUT2D eigenvalue weighted by atomic mass is 19.4. The average Bonchev–Trinajstić information content (AvgIpc) is 2.47. The third-order valence-electron chi connectivity index (χ3n) is 2.05. The fraction of sp³-hybridized carbons (Fsp3) is 0.333. The van der Waals surface area contributed by atoms with Gasteiger partial charge >= 0.3 is 12.5 Å². The lowest BCUT2D eigenvalue weighted by molar-refractivity contribution is -0.286. The van der Waals surface area contributed by atoms with Crippen LogP contribution in [0.25, 0.3) is 0 Å². The zero-order valence-electron chi connectivity index (χ0n) is 7.96. The van der Waals surface area contributed by atoms with Crippen LogP contribution in [-0.2, 0) is 0 Å². The highest BCUT2D eigenvalue weighted by Gasteiger charge is 2.45. The summed E-state index contributed by atoms with van der Waals surface area (Å²) in [4.78, 5) is 0. The van der Waals surface area contributed by atoms with Crippen molar-refractivity contribution in [3.8, 4) is 11.5 Å². The average molecular weight is 256 g/mol. The summed E-state index contributed by atoms with van der Waals surface area (Å²) in [7, 11) is 0. The van der Waals surface area contributed by atoms with Crippen molar-refractivity contribution in [2.24, 2.45) is 0 Å². The van der Waals surface area contributed by atoms with Crippen molar-refractivity contribution in [1.82, 2.24) is 0 Å². The van der Waals surface area contributed by atoms with E-state index in [-0.39, 0.29) is 5.75 Å². The van der Waals surface area contributed by atoms with Gasteiger partial charge in [-0.25, -0.2) is 0 Å². The minimum absolute atomic E-state index is 0.381. The van der Waals surface area contributed by atoms with E-state index in [0.29, 0.717) is 6.07 Å². The Balaban J connectivity index is 2.31. The molecule has 0 saturated heterocycles. The Morgan fingerprint density at radius 3 is 2.29 bits per heavy atom. The van der Waals surface area contributed by atoms with Crippen LogP contribution in [-0.4, -0.2) is 17.6 Å². The molecule has 0 spiro atoms. The van der Waals surface area contributed by atoms with Crippen molar-refractivity contribution in [2.75, 3.05) is 0 Å². The molecule has 1 atom stereocenters. The molecule has 0 saturated carbocycles. The molecule has 1 aliphatic heterocycles. The van der Waals surface area contributed by atoms with Gasteiger partial charge in [0.15, 0.2) is 17.6 Å². The standard InChI is InChI=1S/C9H5F5O3/c10-8(11,12)7(15)4-1-2-5-6(3-4)17-9(13,14)16-5/h1-3,7,15H. The monoisotopic (exact) mass is 256 g/mol. The van der Waals surface area contributed by atoms with E-state index >= 15 is 0 Å². The molecule has 1 aromatic carbocycles. The molecule has 0 aliphatic carbocycles. The molecule has 2 rings (SSSR count). The number of aliphatic hydroxyl groups is 1. The molecule has 94 valence electrons. The zero-order valence-corrected chi connectivity index (χ0v) is 7.96. The molecule has 0 radical (unpaired) electrons. The molecule has 0 amide bonds. The van der Waals surface area contributed by atoms with Gasteiger partial charge in [0.25, 0.3) is 0 Å². The van der Waals surface area contributed by atoms with Crippen molar-refractivity contribution in [1.29, 1.82) is 0 Å². The van der Waals surface area contributed by atoms with Crippen LogP contribution >= 0.6 is 0 Å². The summed E-state index contributed by atoms with van der Waals surface area (Å²) in [5.74, 6) is -0.927. The van der Waals surface area contributed by atoms with Crippen LogP contribution in [0, 0.1) is 0 Å². The fourth-order valence-electron chi connectivity index (χ4n) is 1.32. The summed E-state index contributed by atoms with van der Waals surface area (Å²) >= 11 is 0. The van der Waals surface area contributed by atoms with Crippen LogP contribution in [0.15, 0.2) is 18.2 Å². The molecule has 1 N–H and O–H groups in total. The number of fused-ring (bicyclic) bond motifs is 1. The highest BCUT2D eigenvalue weighted by molar-refractivity contribution is 5.45. The van der Waals surface area contributed by atoms with Gasteiger partial charge in [-0.15, -0.1) is 8.78 Å². The van der Waals surface area contributed by atoms with Crippen molar-refractivity contribution in [3.63, 3.8) is 0 Å². The van der Waals surface area contributed by atoms with E-state index in [1.165, 1.54) is 0 Å². The highest BCUT2D eigenvalue weighted by Crippen LogP contribution is 2.43. The maximum atomic E-state index is 12.6. The predicted octanol–water partition coefficient (Wildman–Crippen LogP) is 2.60. The summed E-state index contributed by atoms with van der Waals surface area (Å²) < 4.78 is 69.6. The molecule has 1 heterocycles. The van der Waals surface area contributed by atoms with E-state index in [1.807, 2.05) is 0 Å². The van der Waals surface area contributed by atoms with E-state index < -0.39 is 29.9 Å². The molecule has 0 fully saturated rings. The van der Waals surface area contributed by atoms with Gasteiger partial charge in [0.1, 0.15) is 0 Å². The largest absolute Gasteiger partial charge is 0.586 e. The normalized spacial score (nSPS) is 19.2. The number of hydrogen-bond acceptors (Lipinski definition) is 3. The van der Waals surface area contributed by atoms with Gasteiger partial charge in [0.05, 0.1) is 0 Å². The van der Waals surface area contributed by atoms with E-state index in [4.69, 9.17) is 5.11 Å². The van der Waals surface area contributed by atoms with Gasteiger partial charge in [-0.05, 0) is 17.7 Å². The number of halogens is 5. The first-order valence-corrected chi connectivity index (χ1v) is 4.33. The maximum Gasteiger partial charge on any atom is 0.586 e. The Hall–Kier alpha value is -1.57. The number of benzene rings is 1. The van der Waals surface area contributed by atoms with Crippen LogP contribution in [0.1, 0.15) is 11.7 Å².